The molecule has 0 aliphatic heterocycles. The van der Waals surface area contributed by atoms with E-state index in [1.807, 2.05) is 0 Å². The summed E-state index contributed by atoms with van der Waals surface area (Å²) < 4.78 is 38.8. The molecule has 1 aromatic heterocycles. The zero-order chi connectivity index (χ0) is 13.2. The number of benzene rings is 1. The molecule has 7 heteroatoms. The Morgan fingerprint density at radius 1 is 1.33 bits per heavy atom. The highest BCUT2D eigenvalue weighted by Gasteiger charge is 2.33. The third-order valence-electron chi connectivity index (χ3n) is 2.07. The van der Waals surface area contributed by atoms with Crippen molar-refractivity contribution >= 4 is 29.4 Å². The molecular formula is C11H6F3NOS2. The number of aldehydes is 1. The largest absolute Gasteiger partial charge is 0.417 e. The van der Waals surface area contributed by atoms with Crippen LogP contribution < -0.4 is 0 Å². The van der Waals surface area contributed by atoms with Crippen LogP contribution in [0.5, 0.6) is 0 Å². The second kappa shape index (κ2) is 5.11. The number of halogens is 3. The van der Waals surface area contributed by atoms with E-state index < -0.39 is 11.7 Å². The maximum atomic E-state index is 12.7. The van der Waals surface area contributed by atoms with E-state index in [0.29, 0.717) is 9.24 Å². The summed E-state index contributed by atoms with van der Waals surface area (Å²) in [5, 5.41) is 1.74. The van der Waals surface area contributed by atoms with Crippen molar-refractivity contribution in [3.05, 3.63) is 40.9 Å². The molecule has 0 amide bonds. The standard InChI is InChI=1S/C11H6F3NOS2/c12-11(13,14)9-5-8(2-1-7(9)6-16)18-10-15-3-4-17-10/h1-6H. The number of alkyl halides is 3. The van der Waals surface area contributed by atoms with E-state index in [-0.39, 0.29) is 11.8 Å². The number of nitrogens with zero attached hydrogens (tertiary/aromatic N) is 1. The first-order valence-corrected chi connectivity index (χ1v) is 6.44. The topological polar surface area (TPSA) is 30.0 Å². The quantitative estimate of drug-likeness (QED) is 0.796. The Bertz CT molecular complexity index is 552. The highest BCUT2D eigenvalue weighted by molar-refractivity contribution is 8.01. The summed E-state index contributed by atoms with van der Waals surface area (Å²) in [6.07, 6.45) is -2.74. The fourth-order valence-electron chi connectivity index (χ4n) is 1.31. The first kappa shape index (κ1) is 13.1. The van der Waals surface area contributed by atoms with E-state index in [9.17, 15) is 18.0 Å². The average molecular weight is 289 g/mol. The summed E-state index contributed by atoms with van der Waals surface area (Å²) in [4.78, 5) is 15.0. The van der Waals surface area contributed by atoms with Crippen LogP contribution in [0, 0.1) is 0 Å². The van der Waals surface area contributed by atoms with Crippen LogP contribution in [0.1, 0.15) is 15.9 Å². The van der Waals surface area contributed by atoms with Crippen molar-refractivity contribution in [1.29, 1.82) is 0 Å². The summed E-state index contributed by atoms with van der Waals surface area (Å²) in [6.45, 7) is 0. The number of rotatable bonds is 3. The number of hydrogen-bond acceptors (Lipinski definition) is 4. The summed E-state index contributed by atoms with van der Waals surface area (Å²) in [5.41, 5.74) is -1.27. The third-order valence-corrected chi connectivity index (χ3v) is 3.95. The van der Waals surface area contributed by atoms with E-state index in [4.69, 9.17) is 0 Å². The Hall–Kier alpha value is -1.34. The minimum absolute atomic E-state index is 0.209. The second-order valence-electron chi connectivity index (χ2n) is 3.26. The molecular weight excluding hydrogens is 283 g/mol. The van der Waals surface area contributed by atoms with Gasteiger partial charge in [0.1, 0.15) is 0 Å². The lowest BCUT2D eigenvalue weighted by molar-refractivity contribution is -0.138. The summed E-state index contributed by atoms with van der Waals surface area (Å²) in [6, 6.07) is 3.62. The molecule has 2 aromatic rings. The fraction of sp³-hybridized carbons (Fsp3) is 0.0909. The lowest BCUT2D eigenvalue weighted by atomic mass is 10.1. The first-order chi connectivity index (χ1) is 8.50. The van der Waals surface area contributed by atoms with Crippen LogP contribution in [0.25, 0.3) is 0 Å². The lowest BCUT2D eigenvalue weighted by Crippen LogP contribution is -2.08. The molecule has 0 saturated carbocycles. The maximum absolute atomic E-state index is 12.7. The number of aromatic nitrogens is 1. The maximum Gasteiger partial charge on any atom is 0.417 e. The van der Waals surface area contributed by atoms with Crippen LogP contribution in [0.2, 0.25) is 0 Å². The van der Waals surface area contributed by atoms with Gasteiger partial charge < -0.3 is 0 Å². The molecule has 0 aliphatic rings. The van der Waals surface area contributed by atoms with Gasteiger partial charge in [-0.15, -0.1) is 11.3 Å². The molecule has 18 heavy (non-hydrogen) atoms. The Morgan fingerprint density at radius 3 is 2.67 bits per heavy atom. The van der Waals surface area contributed by atoms with E-state index in [1.54, 1.807) is 11.6 Å². The molecule has 0 saturated heterocycles. The van der Waals surface area contributed by atoms with Crippen LogP contribution in [0.3, 0.4) is 0 Å². The molecule has 0 fully saturated rings. The van der Waals surface area contributed by atoms with Gasteiger partial charge in [-0.25, -0.2) is 4.98 Å². The van der Waals surface area contributed by atoms with E-state index in [2.05, 4.69) is 4.98 Å². The van der Waals surface area contributed by atoms with E-state index in [1.165, 1.54) is 23.5 Å². The fourth-order valence-corrected chi connectivity index (χ4v) is 2.94. The van der Waals surface area contributed by atoms with Crippen LogP contribution in [0.4, 0.5) is 13.2 Å². The first-order valence-electron chi connectivity index (χ1n) is 4.74. The van der Waals surface area contributed by atoms with Gasteiger partial charge >= 0.3 is 6.18 Å². The Balaban J connectivity index is 2.37. The van der Waals surface area contributed by atoms with E-state index in [0.717, 1.165) is 17.8 Å². The zero-order valence-electron chi connectivity index (χ0n) is 8.77. The molecule has 0 bridgehead atoms. The number of hydrogen-bond donors (Lipinski definition) is 0. The lowest BCUT2D eigenvalue weighted by Gasteiger charge is -2.10. The van der Waals surface area contributed by atoms with E-state index >= 15 is 0 Å². The molecule has 2 rings (SSSR count). The van der Waals surface area contributed by atoms with Crippen LogP contribution in [-0.4, -0.2) is 11.3 Å². The van der Waals surface area contributed by atoms with Crippen molar-refractivity contribution in [3.8, 4) is 0 Å². The molecule has 2 nitrogen and oxygen atoms in total. The normalized spacial score (nSPS) is 11.5. The minimum atomic E-state index is -4.53. The number of carbonyl (C=O) groups excluding carboxylic acids is 1. The van der Waals surface area contributed by atoms with Gasteiger partial charge in [0.15, 0.2) is 10.6 Å². The van der Waals surface area contributed by atoms with Crippen molar-refractivity contribution < 1.29 is 18.0 Å². The summed E-state index contributed by atoms with van der Waals surface area (Å²) in [5.74, 6) is 0. The van der Waals surface area contributed by atoms with Gasteiger partial charge in [-0.1, -0.05) is 11.8 Å². The number of thiazole rings is 1. The predicted molar refractivity (Wildman–Crippen MR) is 63.1 cm³/mol. The molecule has 0 radical (unpaired) electrons. The summed E-state index contributed by atoms with van der Waals surface area (Å²) in [7, 11) is 0. The van der Waals surface area contributed by atoms with Crippen molar-refractivity contribution in [2.75, 3.05) is 0 Å². The van der Waals surface area contributed by atoms with Gasteiger partial charge in [0.25, 0.3) is 0 Å². The predicted octanol–water partition coefficient (Wildman–Crippen LogP) is 4.13. The Morgan fingerprint density at radius 2 is 2.11 bits per heavy atom. The zero-order valence-corrected chi connectivity index (χ0v) is 10.4. The molecule has 1 heterocycles. The van der Waals surface area contributed by atoms with Crippen LogP contribution >= 0.6 is 23.1 Å². The smallest absolute Gasteiger partial charge is 0.298 e. The van der Waals surface area contributed by atoms with Gasteiger partial charge in [0.2, 0.25) is 0 Å². The van der Waals surface area contributed by atoms with Gasteiger partial charge in [-0.3, -0.25) is 4.79 Å². The number of carbonyl (C=O) groups is 1. The van der Waals surface area contributed by atoms with Gasteiger partial charge in [-0.05, 0) is 18.2 Å². The summed E-state index contributed by atoms with van der Waals surface area (Å²) >= 11 is 2.48. The molecule has 0 unspecified atom stereocenters. The Kier molecular flexibility index (Phi) is 3.72. The highest BCUT2D eigenvalue weighted by atomic mass is 32.2. The SMILES string of the molecule is O=Cc1ccc(Sc2nccs2)cc1C(F)(F)F. The van der Waals surface area contributed by atoms with Gasteiger partial charge in [-0.2, -0.15) is 13.2 Å². The highest BCUT2D eigenvalue weighted by Crippen LogP contribution is 2.36. The van der Waals surface area contributed by atoms with Gasteiger partial charge in [0.05, 0.1) is 5.56 Å². The third kappa shape index (κ3) is 2.91. The second-order valence-corrected chi connectivity index (χ2v) is 5.48. The Labute approximate surface area is 109 Å². The van der Waals surface area contributed by atoms with Crippen LogP contribution in [0.15, 0.2) is 39.0 Å². The molecule has 1 aromatic carbocycles. The average Bonchev–Trinajstić information content (AvgIpc) is 2.80. The minimum Gasteiger partial charge on any atom is -0.298 e. The molecule has 0 aliphatic carbocycles. The molecule has 0 spiro atoms. The van der Waals surface area contributed by atoms with Crippen LogP contribution in [-0.2, 0) is 6.18 Å². The molecule has 0 N–H and O–H groups in total. The van der Waals surface area contributed by atoms with Gasteiger partial charge in [0, 0.05) is 22.0 Å². The van der Waals surface area contributed by atoms with Crippen molar-refractivity contribution in [1.82, 2.24) is 4.98 Å². The van der Waals surface area contributed by atoms with Crippen molar-refractivity contribution in [2.45, 2.75) is 15.4 Å². The van der Waals surface area contributed by atoms with Crippen molar-refractivity contribution in [2.24, 2.45) is 0 Å². The van der Waals surface area contributed by atoms with Crippen molar-refractivity contribution in [3.63, 3.8) is 0 Å². The monoisotopic (exact) mass is 289 g/mol. The molecule has 94 valence electrons. The molecule has 0 atom stereocenters.